The highest BCUT2D eigenvalue weighted by Crippen LogP contribution is 2.45. The predicted molar refractivity (Wildman–Crippen MR) is 53.8 cm³/mol. The molecule has 1 saturated carbocycles. The van der Waals surface area contributed by atoms with Gasteiger partial charge in [-0.3, -0.25) is 4.79 Å². The van der Waals surface area contributed by atoms with Gasteiger partial charge in [-0.15, -0.1) is 0 Å². The number of carbonyl (C=O) groups is 1. The first kappa shape index (κ1) is 9.97. The van der Waals surface area contributed by atoms with E-state index in [0.29, 0.717) is 5.92 Å². The highest BCUT2D eigenvalue weighted by Gasteiger charge is 2.44. The molecule has 2 rings (SSSR count). The van der Waals surface area contributed by atoms with Gasteiger partial charge in [0.05, 0.1) is 13.0 Å². The maximum absolute atomic E-state index is 11.2. The van der Waals surface area contributed by atoms with E-state index in [1.807, 2.05) is 0 Å². The van der Waals surface area contributed by atoms with Crippen molar-refractivity contribution in [2.24, 2.45) is 17.8 Å². The van der Waals surface area contributed by atoms with Crippen LogP contribution in [0.15, 0.2) is 0 Å². The summed E-state index contributed by atoms with van der Waals surface area (Å²) in [5, 5.41) is 3.36. The Morgan fingerprint density at radius 1 is 1.43 bits per heavy atom. The van der Waals surface area contributed by atoms with Gasteiger partial charge in [0.25, 0.3) is 0 Å². The number of rotatable bonds is 3. The largest absolute Gasteiger partial charge is 0.469 e. The van der Waals surface area contributed by atoms with Gasteiger partial charge in [-0.1, -0.05) is 0 Å². The quantitative estimate of drug-likeness (QED) is 0.691. The fourth-order valence-electron chi connectivity index (χ4n) is 2.49. The second kappa shape index (κ2) is 4.30. The van der Waals surface area contributed by atoms with E-state index in [1.165, 1.54) is 26.4 Å². The Bertz CT molecular complexity index is 211. The predicted octanol–water partition coefficient (Wildman–Crippen LogP) is 1.19. The summed E-state index contributed by atoms with van der Waals surface area (Å²) in [5.74, 6) is 1.71. The highest BCUT2D eigenvalue weighted by atomic mass is 16.5. The summed E-state index contributed by atoms with van der Waals surface area (Å²) in [4.78, 5) is 11.2. The van der Waals surface area contributed by atoms with Crippen LogP contribution in [0.25, 0.3) is 0 Å². The lowest BCUT2D eigenvalue weighted by atomic mass is 9.92. The summed E-state index contributed by atoms with van der Waals surface area (Å²) in [6.07, 6.45) is 4.87. The number of carbonyl (C=O) groups excluding carboxylic acids is 1. The molecule has 0 aromatic carbocycles. The summed E-state index contributed by atoms with van der Waals surface area (Å²) >= 11 is 0. The van der Waals surface area contributed by atoms with E-state index in [-0.39, 0.29) is 11.9 Å². The molecule has 1 aliphatic heterocycles. The van der Waals surface area contributed by atoms with Gasteiger partial charge in [-0.05, 0) is 50.6 Å². The van der Waals surface area contributed by atoms with Gasteiger partial charge in [0, 0.05) is 0 Å². The molecule has 0 radical (unpaired) electrons. The first-order valence-electron chi connectivity index (χ1n) is 5.60. The van der Waals surface area contributed by atoms with Crippen molar-refractivity contribution in [1.82, 2.24) is 5.32 Å². The average Bonchev–Trinajstić information content (AvgIpc) is 2.98. The van der Waals surface area contributed by atoms with Crippen molar-refractivity contribution in [3.05, 3.63) is 0 Å². The lowest BCUT2D eigenvalue weighted by Crippen LogP contribution is -2.28. The normalized spacial score (nSPS) is 32.6. The SMILES string of the molecule is COC(=O)[C@@H]1C[C@H]1CC1CCNCC1. The number of methoxy groups -OCH3 is 1. The summed E-state index contributed by atoms with van der Waals surface area (Å²) in [7, 11) is 1.49. The van der Waals surface area contributed by atoms with Gasteiger partial charge in [0.1, 0.15) is 0 Å². The zero-order valence-corrected chi connectivity index (χ0v) is 8.79. The molecule has 0 amide bonds. The van der Waals surface area contributed by atoms with Crippen LogP contribution >= 0.6 is 0 Å². The molecule has 0 aromatic rings. The van der Waals surface area contributed by atoms with E-state index in [2.05, 4.69) is 5.32 Å². The van der Waals surface area contributed by atoms with Gasteiger partial charge in [-0.25, -0.2) is 0 Å². The van der Waals surface area contributed by atoms with Gasteiger partial charge < -0.3 is 10.1 Å². The lowest BCUT2D eigenvalue weighted by molar-refractivity contribution is -0.142. The van der Waals surface area contributed by atoms with Crippen molar-refractivity contribution in [3.8, 4) is 0 Å². The van der Waals surface area contributed by atoms with Crippen LogP contribution < -0.4 is 5.32 Å². The molecule has 1 aliphatic carbocycles. The summed E-state index contributed by atoms with van der Waals surface area (Å²) in [6, 6.07) is 0. The first-order chi connectivity index (χ1) is 6.81. The third-order valence-electron chi connectivity index (χ3n) is 3.52. The van der Waals surface area contributed by atoms with Crippen LogP contribution in [0.1, 0.15) is 25.7 Å². The number of piperidine rings is 1. The molecule has 2 atom stereocenters. The van der Waals surface area contributed by atoms with Crippen molar-refractivity contribution in [3.63, 3.8) is 0 Å². The van der Waals surface area contributed by atoms with Crippen LogP contribution in [0, 0.1) is 17.8 Å². The van der Waals surface area contributed by atoms with Crippen molar-refractivity contribution in [1.29, 1.82) is 0 Å². The van der Waals surface area contributed by atoms with Crippen LogP contribution in [-0.2, 0) is 9.53 Å². The van der Waals surface area contributed by atoms with Crippen LogP contribution in [-0.4, -0.2) is 26.2 Å². The van der Waals surface area contributed by atoms with E-state index in [1.54, 1.807) is 0 Å². The zero-order valence-electron chi connectivity index (χ0n) is 8.79. The Hall–Kier alpha value is -0.570. The summed E-state index contributed by atoms with van der Waals surface area (Å²) in [5.41, 5.74) is 0. The molecule has 1 heterocycles. The van der Waals surface area contributed by atoms with Gasteiger partial charge >= 0.3 is 5.97 Å². The average molecular weight is 197 g/mol. The van der Waals surface area contributed by atoms with Crippen molar-refractivity contribution in [2.75, 3.05) is 20.2 Å². The molecular weight excluding hydrogens is 178 g/mol. The Morgan fingerprint density at radius 2 is 2.14 bits per heavy atom. The first-order valence-corrected chi connectivity index (χ1v) is 5.60. The van der Waals surface area contributed by atoms with Gasteiger partial charge in [0.2, 0.25) is 0 Å². The molecule has 1 saturated heterocycles. The second-order valence-electron chi connectivity index (χ2n) is 4.55. The van der Waals surface area contributed by atoms with Crippen molar-refractivity contribution >= 4 is 5.97 Å². The van der Waals surface area contributed by atoms with Crippen LogP contribution in [0.4, 0.5) is 0 Å². The Kier molecular flexibility index (Phi) is 3.06. The zero-order chi connectivity index (χ0) is 9.97. The fraction of sp³-hybridized carbons (Fsp3) is 0.909. The molecule has 0 bridgehead atoms. The second-order valence-corrected chi connectivity index (χ2v) is 4.55. The van der Waals surface area contributed by atoms with Crippen LogP contribution in [0.5, 0.6) is 0 Å². The van der Waals surface area contributed by atoms with Crippen LogP contribution in [0.2, 0.25) is 0 Å². The molecule has 80 valence electrons. The summed E-state index contributed by atoms with van der Waals surface area (Å²) < 4.78 is 4.74. The molecule has 14 heavy (non-hydrogen) atoms. The number of esters is 1. The van der Waals surface area contributed by atoms with Crippen molar-refractivity contribution < 1.29 is 9.53 Å². The number of nitrogens with one attached hydrogen (secondary N) is 1. The van der Waals surface area contributed by atoms with E-state index in [4.69, 9.17) is 4.74 Å². The minimum absolute atomic E-state index is 0.00364. The van der Waals surface area contributed by atoms with E-state index >= 15 is 0 Å². The minimum Gasteiger partial charge on any atom is -0.469 e. The van der Waals surface area contributed by atoms with E-state index in [9.17, 15) is 4.79 Å². The van der Waals surface area contributed by atoms with E-state index in [0.717, 1.165) is 25.4 Å². The standard InChI is InChI=1S/C11H19NO2/c1-14-11(13)10-7-9(10)6-8-2-4-12-5-3-8/h8-10,12H,2-7H2,1H3/t9-,10-/m1/s1. The molecule has 0 aromatic heterocycles. The van der Waals surface area contributed by atoms with Crippen molar-refractivity contribution in [2.45, 2.75) is 25.7 Å². The topological polar surface area (TPSA) is 38.3 Å². The Labute approximate surface area is 85.2 Å². The maximum Gasteiger partial charge on any atom is 0.308 e. The number of hydrogen-bond acceptors (Lipinski definition) is 3. The number of ether oxygens (including phenoxy) is 1. The molecule has 3 heteroatoms. The molecule has 0 spiro atoms. The molecule has 1 N–H and O–H groups in total. The molecule has 0 unspecified atom stereocenters. The smallest absolute Gasteiger partial charge is 0.308 e. The molecule has 2 aliphatic rings. The monoisotopic (exact) mass is 197 g/mol. The summed E-state index contributed by atoms with van der Waals surface area (Å²) in [6.45, 7) is 2.31. The fourth-order valence-corrected chi connectivity index (χ4v) is 2.49. The lowest BCUT2D eigenvalue weighted by Gasteiger charge is -2.22. The van der Waals surface area contributed by atoms with Crippen LogP contribution in [0.3, 0.4) is 0 Å². The Morgan fingerprint density at radius 3 is 2.79 bits per heavy atom. The van der Waals surface area contributed by atoms with Gasteiger partial charge in [0.15, 0.2) is 0 Å². The highest BCUT2D eigenvalue weighted by molar-refractivity contribution is 5.75. The third kappa shape index (κ3) is 2.27. The Balaban J connectivity index is 1.70. The molecule has 3 nitrogen and oxygen atoms in total. The molecule has 2 fully saturated rings. The molecular formula is C11H19NO2. The van der Waals surface area contributed by atoms with Gasteiger partial charge in [-0.2, -0.15) is 0 Å². The van der Waals surface area contributed by atoms with E-state index < -0.39 is 0 Å². The minimum atomic E-state index is 0.00364. The maximum atomic E-state index is 11.2. The third-order valence-corrected chi connectivity index (χ3v) is 3.52. The number of hydrogen-bond donors (Lipinski definition) is 1.